The molecule has 0 unspecified atom stereocenters. The van der Waals surface area contributed by atoms with Gasteiger partial charge in [0, 0.05) is 0 Å². The molecule has 3 aromatic rings. The molecular weight excluding hydrogens is 480 g/mol. The summed E-state index contributed by atoms with van der Waals surface area (Å²) in [6, 6.07) is 16.9. The lowest BCUT2D eigenvalue weighted by atomic mass is 10.2. The van der Waals surface area contributed by atoms with Crippen molar-refractivity contribution in [2.24, 2.45) is 0 Å². The Morgan fingerprint density at radius 3 is 2.29 bits per heavy atom. The van der Waals surface area contributed by atoms with Gasteiger partial charge in [-0.3, -0.25) is 4.79 Å². The molecule has 0 aromatic heterocycles. The summed E-state index contributed by atoms with van der Waals surface area (Å²) < 4.78 is 36.6. The van der Waals surface area contributed by atoms with Gasteiger partial charge in [0.25, 0.3) is 0 Å². The molecule has 0 aliphatic rings. The summed E-state index contributed by atoms with van der Waals surface area (Å²) >= 11 is 6.26. The second-order valence-corrected chi connectivity index (χ2v) is 9.26. The van der Waals surface area contributed by atoms with E-state index in [9.17, 15) is 18.0 Å². The van der Waals surface area contributed by atoms with Crippen molar-refractivity contribution in [3.05, 3.63) is 77.3 Å². The van der Waals surface area contributed by atoms with E-state index in [0.717, 1.165) is 0 Å². The topological polar surface area (TPSA) is 111 Å². The van der Waals surface area contributed by atoms with Crippen LogP contribution in [0.3, 0.4) is 0 Å². The Morgan fingerprint density at radius 2 is 1.62 bits per heavy atom. The predicted molar refractivity (Wildman–Crippen MR) is 129 cm³/mol. The maximum absolute atomic E-state index is 13.3. The van der Waals surface area contributed by atoms with E-state index >= 15 is 0 Å². The van der Waals surface area contributed by atoms with Gasteiger partial charge in [0.05, 0.1) is 47.1 Å². The van der Waals surface area contributed by atoms with Crippen LogP contribution in [0.5, 0.6) is 5.75 Å². The van der Waals surface area contributed by atoms with Crippen LogP contribution < -0.4 is 15.4 Å². The number of benzene rings is 3. The molecule has 34 heavy (non-hydrogen) atoms. The molecule has 3 aromatic carbocycles. The van der Waals surface area contributed by atoms with Crippen LogP contribution in [0.1, 0.15) is 17.3 Å². The van der Waals surface area contributed by atoms with Crippen LogP contribution in [0.2, 0.25) is 5.02 Å². The number of esters is 1. The van der Waals surface area contributed by atoms with Crippen LogP contribution in [-0.2, 0) is 19.4 Å². The van der Waals surface area contributed by atoms with E-state index in [2.05, 4.69) is 10.6 Å². The molecule has 10 heteroatoms. The number of amides is 1. The van der Waals surface area contributed by atoms with Gasteiger partial charge in [0.2, 0.25) is 15.7 Å². The fraction of sp³-hybridized carbons (Fsp3) is 0.167. The van der Waals surface area contributed by atoms with Crippen LogP contribution >= 0.6 is 11.6 Å². The molecule has 178 valence electrons. The molecule has 8 nitrogen and oxygen atoms in total. The van der Waals surface area contributed by atoms with E-state index in [-0.39, 0.29) is 44.9 Å². The monoisotopic (exact) mass is 502 g/mol. The van der Waals surface area contributed by atoms with Crippen LogP contribution in [0, 0.1) is 0 Å². The highest BCUT2D eigenvalue weighted by Crippen LogP contribution is 2.34. The molecule has 0 spiro atoms. The van der Waals surface area contributed by atoms with E-state index in [4.69, 9.17) is 21.1 Å². The molecule has 0 bridgehead atoms. The van der Waals surface area contributed by atoms with Gasteiger partial charge < -0.3 is 20.1 Å². The largest absolute Gasteiger partial charge is 0.497 e. The lowest BCUT2D eigenvalue weighted by Gasteiger charge is -2.15. The molecule has 1 amide bonds. The number of sulfone groups is 1. The number of rotatable bonds is 9. The minimum atomic E-state index is -4.00. The first-order valence-electron chi connectivity index (χ1n) is 10.3. The van der Waals surface area contributed by atoms with E-state index in [0.29, 0.717) is 5.75 Å². The minimum Gasteiger partial charge on any atom is -0.497 e. The number of halogens is 1. The van der Waals surface area contributed by atoms with Gasteiger partial charge in [0.1, 0.15) is 10.6 Å². The van der Waals surface area contributed by atoms with E-state index in [1.807, 2.05) is 0 Å². The molecule has 0 aliphatic heterocycles. The standard InChI is InChI=1S/C24H23ClN2O6S/c1-3-33-24(29)18-7-4-5-9-20(18)27-22(28)15-26-21-10-6-8-19(25)23(21)34(30,31)17-13-11-16(32-2)12-14-17/h4-14,26H,3,15H2,1-2H3,(H,27,28). The molecule has 0 fully saturated rings. The van der Waals surface area contributed by atoms with Gasteiger partial charge in [-0.25, -0.2) is 13.2 Å². The van der Waals surface area contributed by atoms with Crippen LogP contribution in [0.25, 0.3) is 0 Å². The van der Waals surface area contributed by atoms with Gasteiger partial charge in [0.15, 0.2) is 0 Å². The van der Waals surface area contributed by atoms with Gasteiger partial charge >= 0.3 is 5.97 Å². The van der Waals surface area contributed by atoms with Gasteiger partial charge in [-0.05, 0) is 55.5 Å². The molecule has 2 N–H and O–H groups in total. The number of anilines is 2. The summed E-state index contributed by atoms with van der Waals surface area (Å²) in [7, 11) is -2.52. The van der Waals surface area contributed by atoms with Crippen molar-refractivity contribution in [2.45, 2.75) is 16.7 Å². The highest BCUT2D eigenvalue weighted by Gasteiger charge is 2.25. The number of carbonyl (C=O) groups is 2. The van der Waals surface area contributed by atoms with Crippen molar-refractivity contribution < 1.29 is 27.5 Å². The fourth-order valence-corrected chi connectivity index (χ4v) is 5.11. The Balaban J connectivity index is 1.81. The quantitative estimate of drug-likeness (QED) is 0.417. The third-order valence-corrected chi connectivity index (χ3v) is 7.04. The predicted octanol–water partition coefficient (Wildman–Crippen LogP) is 4.41. The lowest BCUT2D eigenvalue weighted by molar-refractivity contribution is -0.114. The fourth-order valence-electron chi connectivity index (χ4n) is 3.14. The smallest absolute Gasteiger partial charge is 0.340 e. The van der Waals surface area contributed by atoms with E-state index < -0.39 is 21.7 Å². The number of methoxy groups -OCH3 is 1. The molecular formula is C24H23ClN2O6S. The number of nitrogens with one attached hydrogen (secondary N) is 2. The summed E-state index contributed by atoms with van der Waals surface area (Å²) in [6.45, 7) is 1.61. The molecule has 0 heterocycles. The Hall–Kier alpha value is -3.56. The summed E-state index contributed by atoms with van der Waals surface area (Å²) in [5.74, 6) is -0.546. The SMILES string of the molecule is CCOC(=O)c1ccccc1NC(=O)CNc1cccc(Cl)c1S(=O)(=O)c1ccc(OC)cc1. The minimum absolute atomic E-state index is 0.00822. The summed E-state index contributed by atoms with van der Waals surface area (Å²) in [5.41, 5.74) is 0.658. The Labute approximate surface area is 202 Å². The third kappa shape index (κ3) is 5.67. The summed E-state index contributed by atoms with van der Waals surface area (Å²) in [6.07, 6.45) is 0. The number of ether oxygens (including phenoxy) is 2. The van der Waals surface area contributed by atoms with Crippen molar-refractivity contribution in [3.8, 4) is 5.75 Å². The van der Waals surface area contributed by atoms with E-state index in [1.165, 1.54) is 49.6 Å². The summed E-state index contributed by atoms with van der Waals surface area (Å²) in [5, 5.41) is 5.48. The molecule has 0 saturated heterocycles. The zero-order valence-electron chi connectivity index (χ0n) is 18.5. The van der Waals surface area contributed by atoms with Gasteiger partial charge in [-0.2, -0.15) is 0 Å². The van der Waals surface area contributed by atoms with Crippen molar-refractivity contribution in [1.29, 1.82) is 0 Å². The average molecular weight is 503 g/mol. The maximum Gasteiger partial charge on any atom is 0.340 e. The number of hydrogen-bond donors (Lipinski definition) is 2. The van der Waals surface area contributed by atoms with Crippen LogP contribution in [0.15, 0.2) is 76.5 Å². The Morgan fingerprint density at radius 1 is 0.941 bits per heavy atom. The second-order valence-electron chi connectivity index (χ2n) is 6.96. The van der Waals surface area contributed by atoms with Crippen molar-refractivity contribution >= 4 is 44.7 Å². The number of para-hydroxylation sites is 1. The lowest BCUT2D eigenvalue weighted by Crippen LogP contribution is -2.24. The van der Waals surface area contributed by atoms with E-state index in [1.54, 1.807) is 31.2 Å². The molecule has 0 aliphatic carbocycles. The molecule has 0 radical (unpaired) electrons. The zero-order valence-corrected chi connectivity index (χ0v) is 20.1. The highest BCUT2D eigenvalue weighted by molar-refractivity contribution is 7.91. The normalized spacial score (nSPS) is 10.9. The molecule has 0 saturated carbocycles. The molecule has 3 rings (SSSR count). The summed E-state index contributed by atoms with van der Waals surface area (Å²) in [4.78, 5) is 24.6. The van der Waals surface area contributed by atoms with Gasteiger partial charge in [-0.1, -0.05) is 29.8 Å². The number of hydrogen-bond acceptors (Lipinski definition) is 7. The van der Waals surface area contributed by atoms with Crippen molar-refractivity contribution in [3.63, 3.8) is 0 Å². The van der Waals surface area contributed by atoms with Crippen LogP contribution in [-0.4, -0.2) is 40.6 Å². The first-order valence-corrected chi connectivity index (χ1v) is 12.1. The first-order chi connectivity index (χ1) is 16.3. The Bertz CT molecular complexity index is 1290. The molecule has 0 atom stereocenters. The third-order valence-electron chi connectivity index (χ3n) is 4.74. The zero-order chi connectivity index (χ0) is 24.7. The van der Waals surface area contributed by atoms with Crippen LogP contribution in [0.4, 0.5) is 11.4 Å². The van der Waals surface area contributed by atoms with Crippen molar-refractivity contribution in [2.75, 3.05) is 30.9 Å². The number of carbonyl (C=O) groups excluding carboxylic acids is 2. The Kier molecular flexibility index (Phi) is 8.14. The van der Waals surface area contributed by atoms with Crippen molar-refractivity contribution in [1.82, 2.24) is 0 Å². The highest BCUT2D eigenvalue weighted by atomic mass is 35.5. The maximum atomic E-state index is 13.3. The second kappa shape index (κ2) is 11.0. The average Bonchev–Trinajstić information content (AvgIpc) is 2.83. The van der Waals surface area contributed by atoms with Gasteiger partial charge in [-0.15, -0.1) is 0 Å². The first kappa shape index (κ1) is 25.1.